The van der Waals surface area contributed by atoms with Gasteiger partial charge in [0, 0.05) is 6.42 Å². The summed E-state index contributed by atoms with van der Waals surface area (Å²) in [4.78, 5) is 4.84. The molecule has 0 unspecified atom stereocenters. The van der Waals surface area contributed by atoms with Gasteiger partial charge in [0.1, 0.15) is 5.82 Å². The van der Waals surface area contributed by atoms with Gasteiger partial charge in [-0.3, -0.25) is 0 Å². The smallest absolute Gasteiger partial charge is 0.114 e. The molecule has 4 aromatic rings. The van der Waals surface area contributed by atoms with Crippen molar-refractivity contribution >= 4 is 11.0 Å². The highest BCUT2D eigenvalue weighted by molar-refractivity contribution is 5.76. The van der Waals surface area contributed by atoms with Crippen LogP contribution in [0.15, 0.2) is 78.9 Å². The van der Waals surface area contributed by atoms with Crippen LogP contribution in [0.4, 0.5) is 0 Å². The normalized spacial score (nSPS) is 10.7. The van der Waals surface area contributed by atoms with E-state index in [1.54, 1.807) is 0 Å². The summed E-state index contributed by atoms with van der Waals surface area (Å²) in [5.41, 5.74) is 5.05. The van der Waals surface area contributed by atoms with Crippen LogP contribution in [0.25, 0.3) is 11.0 Å². The summed E-state index contributed by atoms with van der Waals surface area (Å²) in [5, 5.41) is 9.39. The molecule has 3 aromatic carbocycles. The molecule has 0 aliphatic carbocycles. The Morgan fingerprint density at radius 1 is 0.840 bits per heavy atom. The quantitative estimate of drug-likeness (QED) is 0.553. The first-order valence-electron chi connectivity index (χ1n) is 8.31. The van der Waals surface area contributed by atoms with E-state index in [-0.39, 0.29) is 0 Å². The van der Waals surface area contributed by atoms with Crippen molar-refractivity contribution in [3.63, 3.8) is 0 Å². The van der Waals surface area contributed by atoms with Gasteiger partial charge in [0.2, 0.25) is 0 Å². The summed E-state index contributed by atoms with van der Waals surface area (Å²) in [5.74, 6) is 1.01. The Morgan fingerprint density at radius 3 is 2.40 bits per heavy atom. The Balaban J connectivity index is 1.81. The van der Waals surface area contributed by atoms with Crippen molar-refractivity contribution in [2.75, 3.05) is 0 Å². The van der Waals surface area contributed by atoms with Crippen molar-refractivity contribution in [3.8, 4) is 6.07 Å². The van der Waals surface area contributed by atoms with E-state index in [9.17, 15) is 5.26 Å². The van der Waals surface area contributed by atoms with E-state index in [1.165, 1.54) is 5.56 Å². The molecule has 25 heavy (non-hydrogen) atoms. The van der Waals surface area contributed by atoms with Crippen LogP contribution in [0.1, 0.15) is 22.5 Å². The third-order valence-electron chi connectivity index (χ3n) is 4.40. The fourth-order valence-corrected chi connectivity index (χ4v) is 3.15. The molecule has 0 saturated heterocycles. The van der Waals surface area contributed by atoms with E-state index in [4.69, 9.17) is 4.98 Å². The first kappa shape index (κ1) is 15.2. The molecule has 1 heterocycles. The van der Waals surface area contributed by atoms with E-state index in [0.29, 0.717) is 12.1 Å². The largest absolute Gasteiger partial charge is 0.323 e. The number of imidazole rings is 1. The Bertz CT molecular complexity index is 1060. The molecule has 0 aliphatic heterocycles. The van der Waals surface area contributed by atoms with E-state index in [2.05, 4.69) is 28.8 Å². The summed E-state index contributed by atoms with van der Waals surface area (Å²) in [7, 11) is 0. The minimum Gasteiger partial charge on any atom is -0.323 e. The highest BCUT2D eigenvalue weighted by Crippen LogP contribution is 2.21. The van der Waals surface area contributed by atoms with Gasteiger partial charge in [0.05, 0.1) is 29.2 Å². The van der Waals surface area contributed by atoms with Crippen LogP contribution < -0.4 is 0 Å². The van der Waals surface area contributed by atoms with E-state index < -0.39 is 0 Å². The molecule has 0 amide bonds. The summed E-state index contributed by atoms with van der Waals surface area (Å²) in [6, 6.07) is 28.6. The number of fused-ring (bicyclic) bond motifs is 1. The Morgan fingerprint density at radius 2 is 1.56 bits per heavy atom. The molecule has 0 spiro atoms. The number of nitriles is 1. The minimum absolute atomic E-state index is 0.645. The van der Waals surface area contributed by atoms with Crippen molar-refractivity contribution in [2.24, 2.45) is 0 Å². The number of hydrogen-bond acceptors (Lipinski definition) is 2. The van der Waals surface area contributed by atoms with Crippen LogP contribution in [0, 0.1) is 11.3 Å². The van der Waals surface area contributed by atoms with Crippen LogP contribution in [0.5, 0.6) is 0 Å². The first-order chi connectivity index (χ1) is 12.3. The van der Waals surface area contributed by atoms with Gasteiger partial charge in [-0.1, -0.05) is 60.7 Å². The zero-order chi connectivity index (χ0) is 17.1. The average molecular weight is 323 g/mol. The topological polar surface area (TPSA) is 41.6 Å². The summed E-state index contributed by atoms with van der Waals surface area (Å²) < 4.78 is 2.22. The van der Waals surface area contributed by atoms with Gasteiger partial charge in [0.15, 0.2) is 0 Å². The number of hydrogen-bond donors (Lipinski definition) is 0. The summed E-state index contributed by atoms with van der Waals surface area (Å²) in [6.07, 6.45) is 0.768. The van der Waals surface area contributed by atoms with Crippen molar-refractivity contribution in [1.29, 1.82) is 5.26 Å². The second kappa shape index (κ2) is 6.62. The van der Waals surface area contributed by atoms with E-state index in [0.717, 1.165) is 28.8 Å². The van der Waals surface area contributed by atoms with Crippen LogP contribution >= 0.6 is 0 Å². The Labute approximate surface area is 146 Å². The third kappa shape index (κ3) is 3.02. The van der Waals surface area contributed by atoms with Crippen molar-refractivity contribution in [3.05, 3.63) is 101 Å². The molecular weight excluding hydrogens is 306 g/mol. The summed E-state index contributed by atoms with van der Waals surface area (Å²) >= 11 is 0. The molecule has 120 valence electrons. The molecule has 0 fully saturated rings. The van der Waals surface area contributed by atoms with Gasteiger partial charge in [-0.05, 0) is 29.3 Å². The van der Waals surface area contributed by atoms with E-state index >= 15 is 0 Å². The lowest BCUT2D eigenvalue weighted by molar-refractivity contribution is 0.761. The summed E-state index contributed by atoms with van der Waals surface area (Å²) in [6.45, 7) is 0.645. The fraction of sp³-hybridized carbons (Fsp3) is 0.0909. The predicted molar refractivity (Wildman–Crippen MR) is 99.2 cm³/mol. The number of aromatic nitrogens is 2. The highest BCUT2D eigenvalue weighted by atomic mass is 15.1. The van der Waals surface area contributed by atoms with Crippen molar-refractivity contribution in [1.82, 2.24) is 9.55 Å². The maximum atomic E-state index is 9.39. The monoisotopic (exact) mass is 323 g/mol. The highest BCUT2D eigenvalue weighted by Gasteiger charge is 2.13. The van der Waals surface area contributed by atoms with Crippen LogP contribution in [0.3, 0.4) is 0 Å². The fourth-order valence-electron chi connectivity index (χ4n) is 3.15. The maximum absolute atomic E-state index is 9.39. The molecule has 0 bridgehead atoms. The first-order valence-corrected chi connectivity index (χ1v) is 8.31. The molecule has 0 N–H and O–H groups in total. The van der Waals surface area contributed by atoms with Crippen LogP contribution in [0.2, 0.25) is 0 Å². The lowest BCUT2D eigenvalue weighted by Crippen LogP contribution is -2.07. The third-order valence-corrected chi connectivity index (χ3v) is 4.40. The second-order valence-electron chi connectivity index (χ2n) is 6.03. The van der Waals surface area contributed by atoms with Gasteiger partial charge >= 0.3 is 0 Å². The Hall–Kier alpha value is -3.38. The molecule has 0 radical (unpaired) electrons. The lowest BCUT2D eigenvalue weighted by Gasteiger charge is -2.11. The van der Waals surface area contributed by atoms with Crippen molar-refractivity contribution in [2.45, 2.75) is 13.0 Å². The lowest BCUT2D eigenvalue weighted by atomic mass is 10.1. The standard InChI is InChI=1S/C22H17N3/c23-15-18-10-4-5-11-19(18)16-25-21-13-7-6-12-20(21)24-22(25)14-17-8-2-1-3-9-17/h1-13H,14,16H2. The van der Waals surface area contributed by atoms with Gasteiger partial charge in [0.25, 0.3) is 0 Å². The van der Waals surface area contributed by atoms with Gasteiger partial charge < -0.3 is 4.57 Å². The number of nitrogens with zero attached hydrogens (tertiary/aromatic N) is 3. The SMILES string of the molecule is N#Cc1ccccc1Cn1c(Cc2ccccc2)nc2ccccc21. The molecule has 0 atom stereocenters. The van der Waals surface area contributed by atoms with Crippen molar-refractivity contribution < 1.29 is 0 Å². The predicted octanol–water partition coefficient (Wildman–Crippen LogP) is 4.55. The van der Waals surface area contributed by atoms with Crippen LogP contribution in [-0.2, 0) is 13.0 Å². The molecule has 0 aliphatic rings. The zero-order valence-corrected chi connectivity index (χ0v) is 13.8. The van der Waals surface area contributed by atoms with Gasteiger partial charge in [-0.2, -0.15) is 5.26 Å². The number of benzene rings is 3. The second-order valence-corrected chi connectivity index (χ2v) is 6.03. The minimum atomic E-state index is 0.645. The molecule has 3 nitrogen and oxygen atoms in total. The number of para-hydroxylation sites is 2. The van der Waals surface area contributed by atoms with Gasteiger partial charge in [-0.15, -0.1) is 0 Å². The molecule has 4 rings (SSSR count). The van der Waals surface area contributed by atoms with Gasteiger partial charge in [-0.25, -0.2) is 4.98 Å². The Kier molecular flexibility index (Phi) is 4.02. The molecular formula is C22H17N3. The number of rotatable bonds is 4. The zero-order valence-electron chi connectivity index (χ0n) is 13.8. The molecule has 1 aromatic heterocycles. The average Bonchev–Trinajstić information content (AvgIpc) is 3.00. The maximum Gasteiger partial charge on any atom is 0.114 e. The van der Waals surface area contributed by atoms with E-state index in [1.807, 2.05) is 60.7 Å². The van der Waals surface area contributed by atoms with Crippen LogP contribution in [-0.4, -0.2) is 9.55 Å². The molecule has 0 saturated carbocycles. The molecule has 3 heteroatoms.